The minimum atomic E-state index is -3.47. The number of carbonyl (C=O) groups excluding carboxylic acids is 1. The maximum Gasteiger partial charge on any atom is 0.243 e. The lowest BCUT2D eigenvalue weighted by molar-refractivity contribution is -0.117. The van der Waals surface area contributed by atoms with Gasteiger partial charge in [0.2, 0.25) is 15.9 Å². The first-order chi connectivity index (χ1) is 11.2. The molecule has 1 saturated heterocycles. The third-order valence-corrected chi connectivity index (χ3v) is 7.39. The molecule has 0 unspecified atom stereocenters. The van der Waals surface area contributed by atoms with Crippen molar-refractivity contribution >= 4 is 44.8 Å². The van der Waals surface area contributed by atoms with Crippen LogP contribution in [0.15, 0.2) is 29.2 Å². The third kappa shape index (κ3) is 3.72. The molecule has 0 aromatic heterocycles. The van der Waals surface area contributed by atoms with Gasteiger partial charge in [0.1, 0.15) is 4.33 Å². The van der Waals surface area contributed by atoms with Gasteiger partial charge in [0.25, 0.3) is 0 Å². The Morgan fingerprint density at radius 1 is 1.21 bits per heavy atom. The molecule has 1 heterocycles. The van der Waals surface area contributed by atoms with Crippen LogP contribution in [-0.4, -0.2) is 36.1 Å². The van der Waals surface area contributed by atoms with E-state index < -0.39 is 20.3 Å². The van der Waals surface area contributed by atoms with Crippen LogP contribution >= 0.6 is 23.2 Å². The molecular formula is C16H20Cl2N2O3S. The Hall–Kier alpha value is -0.820. The van der Waals surface area contributed by atoms with Gasteiger partial charge in [-0.25, -0.2) is 8.42 Å². The molecule has 24 heavy (non-hydrogen) atoms. The number of anilines is 1. The number of hydrogen-bond acceptors (Lipinski definition) is 3. The number of rotatable bonds is 4. The Kier molecular flexibility index (Phi) is 4.86. The van der Waals surface area contributed by atoms with E-state index >= 15 is 0 Å². The standard InChI is InChI=1S/C16H20Cl2N2O3S/c1-11-6-8-20(9-7-11)24(22,23)13-4-2-12(3-5-13)19-15(21)14-10-16(14,17)18/h2-5,11,14H,6-10H2,1H3,(H,19,21)/t14-/m1/s1. The summed E-state index contributed by atoms with van der Waals surface area (Å²) in [5.74, 6) is -0.104. The molecule has 2 aliphatic rings. The fourth-order valence-electron chi connectivity index (χ4n) is 2.81. The van der Waals surface area contributed by atoms with Gasteiger partial charge >= 0.3 is 0 Å². The predicted octanol–water partition coefficient (Wildman–Crippen LogP) is 3.24. The van der Waals surface area contributed by atoms with Crippen molar-refractivity contribution in [3.8, 4) is 0 Å². The first kappa shape index (κ1) is 18.0. The summed E-state index contributed by atoms with van der Waals surface area (Å²) in [6, 6.07) is 6.21. The SMILES string of the molecule is CC1CCN(S(=O)(=O)c2ccc(NC(=O)[C@H]3CC3(Cl)Cl)cc2)CC1. The number of benzene rings is 1. The van der Waals surface area contributed by atoms with Crippen LogP contribution in [0.25, 0.3) is 0 Å². The van der Waals surface area contributed by atoms with Crippen molar-refractivity contribution in [1.29, 1.82) is 0 Å². The van der Waals surface area contributed by atoms with Crippen molar-refractivity contribution < 1.29 is 13.2 Å². The van der Waals surface area contributed by atoms with Crippen molar-refractivity contribution in [3.63, 3.8) is 0 Å². The topological polar surface area (TPSA) is 66.5 Å². The summed E-state index contributed by atoms with van der Waals surface area (Å²) >= 11 is 11.7. The summed E-state index contributed by atoms with van der Waals surface area (Å²) < 4.78 is 25.8. The number of nitrogens with one attached hydrogen (secondary N) is 1. The zero-order valence-electron chi connectivity index (χ0n) is 13.3. The Bertz CT molecular complexity index is 726. The van der Waals surface area contributed by atoms with Gasteiger partial charge in [0.05, 0.1) is 10.8 Å². The summed E-state index contributed by atoms with van der Waals surface area (Å²) in [6.45, 7) is 3.24. The van der Waals surface area contributed by atoms with Crippen LogP contribution in [0.3, 0.4) is 0 Å². The van der Waals surface area contributed by atoms with E-state index in [4.69, 9.17) is 23.2 Å². The van der Waals surface area contributed by atoms with Crippen LogP contribution in [0.5, 0.6) is 0 Å². The van der Waals surface area contributed by atoms with Crippen LogP contribution in [-0.2, 0) is 14.8 Å². The first-order valence-corrected chi connectivity index (χ1v) is 10.2. The van der Waals surface area contributed by atoms with Crippen LogP contribution in [0.1, 0.15) is 26.2 Å². The Balaban J connectivity index is 1.66. The Morgan fingerprint density at radius 3 is 2.25 bits per heavy atom. The second kappa shape index (κ2) is 6.48. The lowest BCUT2D eigenvalue weighted by Gasteiger charge is -2.29. The van der Waals surface area contributed by atoms with E-state index in [0.717, 1.165) is 12.8 Å². The smallest absolute Gasteiger partial charge is 0.243 e. The molecule has 1 amide bonds. The molecular weight excluding hydrogens is 371 g/mol. The second-order valence-corrected chi connectivity index (χ2v) is 10.1. The molecule has 1 aromatic rings. The highest BCUT2D eigenvalue weighted by Gasteiger charge is 2.56. The van der Waals surface area contributed by atoms with Gasteiger partial charge in [-0.2, -0.15) is 4.31 Å². The van der Waals surface area contributed by atoms with Gasteiger partial charge in [0.15, 0.2) is 0 Å². The molecule has 2 fully saturated rings. The molecule has 1 saturated carbocycles. The number of carbonyl (C=O) groups is 1. The van der Waals surface area contributed by atoms with E-state index in [1.165, 1.54) is 16.4 Å². The molecule has 0 radical (unpaired) electrons. The highest BCUT2D eigenvalue weighted by atomic mass is 35.5. The summed E-state index contributed by atoms with van der Waals surface area (Å²) in [7, 11) is -3.47. The molecule has 8 heteroatoms. The minimum absolute atomic E-state index is 0.241. The largest absolute Gasteiger partial charge is 0.326 e. The summed E-state index contributed by atoms with van der Waals surface area (Å²) in [5, 5.41) is 2.71. The summed E-state index contributed by atoms with van der Waals surface area (Å²) in [4.78, 5) is 12.2. The third-order valence-electron chi connectivity index (χ3n) is 4.64. The Morgan fingerprint density at radius 2 is 1.75 bits per heavy atom. The zero-order valence-corrected chi connectivity index (χ0v) is 15.7. The van der Waals surface area contributed by atoms with Crippen molar-refractivity contribution in [2.24, 2.45) is 11.8 Å². The number of halogens is 2. The van der Waals surface area contributed by atoms with Crippen molar-refractivity contribution in [2.75, 3.05) is 18.4 Å². The zero-order chi connectivity index (χ0) is 17.5. The average Bonchev–Trinajstić information content (AvgIpc) is 3.17. The second-order valence-electron chi connectivity index (χ2n) is 6.62. The molecule has 1 aliphatic heterocycles. The van der Waals surface area contributed by atoms with Crippen molar-refractivity contribution in [1.82, 2.24) is 4.31 Å². The quantitative estimate of drug-likeness (QED) is 0.802. The normalized spacial score (nSPS) is 24.5. The molecule has 1 N–H and O–H groups in total. The van der Waals surface area contributed by atoms with Gasteiger partial charge in [-0.3, -0.25) is 4.79 Å². The number of amides is 1. The van der Waals surface area contributed by atoms with Crippen LogP contribution in [0, 0.1) is 11.8 Å². The summed E-state index contributed by atoms with van der Waals surface area (Å²) in [5.41, 5.74) is 0.530. The number of nitrogens with zero attached hydrogens (tertiary/aromatic N) is 1. The van der Waals surface area contributed by atoms with E-state index in [2.05, 4.69) is 12.2 Å². The lowest BCUT2D eigenvalue weighted by Crippen LogP contribution is -2.37. The fourth-order valence-corrected chi connectivity index (χ4v) is 4.79. The highest BCUT2D eigenvalue weighted by molar-refractivity contribution is 7.89. The maximum absolute atomic E-state index is 12.6. The summed E-state index contributed by atoms with van der Waals surface area (Å²) in [6.07, 6.45) is 2.20. The van der Waals surface area contributed by atoms with Crippen LogP contribution in [0.2, 0.25) is 0 Å². The number of piperidine rings is 1. The first-order valence-electron chi connectivity index (χ1n) is 7.99. The van der Waals surface area contributed by atoms with Crippen LogP contribution in [0.4, 0.5) is 5.69 Å². The number of sulfonamides is 1. The highest BCUT2D eigenvalue weighted by Crippen LogP contribution is 2.53. The lowest BCUT2D eigenvalue weighted by atomic mass is 10.0. The predicted molar refractivity (Wildman–Crippen MR) is 94.8 cm³/mol. The van der Waals surface area contributed by atoms with Gasteiger partial charge in [-0.05, 0) is 49.4 Å². The van der Waals surface area contributed by atoms with Gasteiger partial charge in [-0.15, -0.1) is 23.2 Å². The molecule has 3 rings (SSSR count). The molecule has 1 aliphatic carbocycles. The molecule has 1 aromatic carbocycles. The monoisotopic (exact) mass is 390 g/mol. The molecule has 132 valence electrons. The van der Waals surface area contributed by atoms with E-state index in [1.54, 1.807) is 12.1 Å². The van der Waals surface area contributed by atoms with Crippen molar-refractivity contribution in [2.45, 2.75) is 35.4 Å². The molecule has 0 bridgehead atoms. The minimum Gasteiger partial charge on any atom is -0.326 e. The van der Waals surface area contributed by atoms with E-state index in [0.29, 0.717) is 31.1 Å². The van der Waals surface area contributed by atoms with Crippen molar-refractivity contribution in [3.05, 3.63) is 24.3 Å². The number of hydrogen-bond donors (Lipinski definition) is 1. The van der Waals surface area contributed by atoms with E-state index in [1.807, 2.05) is 0 Å². The van der Waals surface area contributed by atoms with E-state index in [-0.39, 0.29) is 10.8 Å². The molecule has 0 spiro atoms. The van der Waals surface area contributed by atoms with Gasteiger partial charge < -0.3 is 5.32 Å². The van der Waals surface area contributed by atoms with Crippen LogP contribution < -0.4 is 5.32 Å². The average molecular weight is 391 g/mol. The Labute approximate surface area is 152 Å². The van der Waals surface area contributed by atoms with Gasteiger partial charge in [-0.1, -0.05) is 6.92 Å². The fraction of sp³-hybridized carbons (Fsp3) is 0.562. The molecule has 1 atom stereocenters. The van der Waals surface area contributed by atoms with Gasteiger partial charge in [0, 0.05) is 18.8 Å². The maximum atomic E-state index is 12.6. The molecule has 5 nitrogen and oxygen atoms in total. The number of alkyl halides is 2. The van der Waals surface area contributed by atoms with E-state index in [9.17, 15) is 13.2 Å².